The molecule has 0 N–H and O–H groups in total. The van der Waals surface area contributed by atoms with Crippen LogP contribution in [-0.2, 0) is 4.79 Å². The first kappa shape index (κ1) is 19.1. The summed E-state index contributed by atoms with van der Waals surface area (Å²) in [5.74, 6) is -0.464. The second-order valence-electron chi connectivity index (χ2n) is 7.21. The van der Waals surface area contributed by atoms with Gasteiger partial charge in [0, 0.05) is 38.9 Å². The lowest BCUT2D eigenvalue weighted by Gasteiger charge is -2.32. The van der Waals surface area contributed by atoms with E-state index < -0.39 is 0 Å². The number of carbonyl (C=O) groups excluding carboxylic acids is 3. The molecule has 0 spiro atoms. The quantitative estimate of drug-likeness (QED) is 0.729. The minimum atomic E-state index is -0.343. The van der Waals surface area contributed by atoms with Gasteiger partial charge in [-0.2, -0.15) is 0 Å². The summed E-state index contributed by atoms with van der Waals surface area (Å²) in [6.07, 6.45) is 1.43. The zero-order chi connectivity index (χ0) is 20.4. The van der Waals surface area contributed by atoms with Crippen molar-refractivity contribution in [3.63, 3.8) is 0 Å². The Morgan fingerprint density at radius 1 is 0.966 bits per heavy atom. The Balaban J connectivity index is 1.26. The summed E-state index contributed by atoms with van der Waals surface area (Å²) in [5.41, 5.74) is 0.785. The van der Waals surface area contributed by atoms with E-state index in [2.05, 4.69) is 0 Å². The average molecular weight is 396 g/mol. The second-order valence-corrected chi connectivity index (χ2v) is 7.21. The topological polar surface area (TPSA) is 66.9 Å². The van der Waals surface area contributed by atoms with E-state index in [1.54, 1.807) is 41.3 Å². The van der Waals surface area contributed by atoms with Crippen molar-refractivity contribution in [2.24, 2.45) is 0 Å². The lowest BCUT2D eigenvalue weighted by Crippen LogP contribution is -2.43. The molecule has 0 aliphatic carbocycles. The monoisotopic (exact) mass is 396 g/mol. The van der Waals surface area contributed by atoms with Gasteiger partial charge in [-0.3, -0.25) is 19.3 Å². The van der Waals surface area contributed by atoms with E-state index in [0.717, 1.165) is 4.90 Å². The van der Waals surface area contributed by atoms with Crippen LogP contribution in [0.1, 0.15) is 40.0 Å². The molecule has 29 heavy (non-hydrogen) atoms. The van der Waals surface area contributed by atoms with Crippen LogP contribution in [0, 0.1) is 5.82 Å². The summed E-state index contributed by atoms with van der Waals surface area (Å²) in [6.45, 7) is 1.18. The summed E-state index contributed by atoms with van der Waals surface area (Å²) >= 11 is 0. The number of hydrogen-bond donors (Lipinski definition) is 0. The smallest absolute Gasteiger partial charge is 0.261 e. The molecule has 0 unspecified atom stereocenters. The zero-order valence-electron chi connectivity index (χ0n) is 15.8. The first-order chi connectivity index (χ1) is 14.0. The number of imide groups is 1. The number of halogens is 1. The minimum Gasteiger partial charge on any atom is -0.490 e. The molecule has 7 heteroatoms. The molecule has 0 saturated carbocycles. The fourth-order valence-corrected chi connectivity index (χ4v) is 3.74. The molecule has 4 rings (SSSR count). The van der Waals surface area contributed by atoms with E-state index in [4.69, 9.17) is 4.74 Å². The van der Waals surface area contributed by atoms with Crippen molar-refractivity contribution in [2.75, 3.05) is 19.6 Å². The van der Waals surface area contributed by atoms with Crippen LogP contribution in [0.25, 0.3) is 0 Å². The third-order valence-corrected chi connectivity index (χ3v) is 5.34. The van der Waals surface area contributed by atoms with E-state index in [9.17, 15) is 18.8 Å². The first-order valence-corrected chi connectivity index (χ1v) is 9.68. The molecule has 3 amide bonds. The van der Waals surface area contributed by atoms with Crippen LogP contribution < -0.4 is 4.74 Å². The molecule has 6 nitrogen and oxygen atoms in total. The SMILES string of the molecule is O=C(CCN1C(=O)c2ccccc2C1=O)N1CCC(Oc2ccc(F)cc2)CC1. The summed E-state index contributed by atoms with van der Waals surface area (Å²) < 4.78 is 18.8. The van der Waals surface area contributed by atoms with Gasteiger partial charge in [0.05, 0.1) is 11.1 Å². The number of ether oxygens (including phenoxy) is 1. The van der Waals surface area contributed by atoms with Gasteiger partial charge in [-0.15, -0.1) is 0 Å². The second kappa shape index (κ2) is 8.03. The number of hydrogen-bond acceptors (Lipinski definition) is 4. The summed E-state index contributed by atoms with van der Waals surface area (Å²) in [5, 5.41) is 0. The molecule has 0 atom stereocenters. The summed E-state index contributed by atoms with van der Waals surface area (Å²) in [6, 6.07) is 12.6. The summed E-state index contributed by atoms with van der Waals surface area (Å²) in [7, 11) is 0. The van der Waals surface area contributed by atoms with E-state index in [1.165, 1.54) is 12.1 Å². The van der Waals surface area contributed by atoms with Gasteiger partial charge in [0.15, 0.2) is 0 Å². The number of amides is 3. The van der Waals surface area contributed by atoms with Crippen LogP contribution in [-0.4, -0.2) is 53.3 Å². The van der Waals surface area contributed by atoms with Crippen LogP contribution in [0.15, 0.2) is 48.5 Å². The summed E-state index contributed by atoms with van der Waals surface area (Å²) in [4.78, 5) is 40.2. The molecule has 2 heterocycles. The van der Waals surface area contributed by atoms with E-state index >= 15 is 0 Å². The van der Waals surface area contributed by atoms with Crippen LogP contribution >= 0.6 is 0 Å². The maximum absolute atomic E-state index is 13.0. The molecule has 0 aromatic heterocycles. The van der Waals surface area contributed by atoms with Crippen LogP contribution in [0.3, 0.4) is 0 Å². The van der Waals surface area contributed by atoms with Gasteiger partial charge in [-0.25, -0.2) is 4.39 Å². The largest absolute Gasteiger partial charge is 0.490 e. The molecule has 1 saturated heterocycles. The Kier molecular flexibility index (Phi) is 5.29. The number of piperidine rings is 1. The van der Waals surface area contributed by atoms with Gasteiger partial charge < -0.3 is 9.64 Å². The minimum absolute atomic E-state index is 0.0271. The standard InChI is InChI=1S/C22H21FN2O4/c23-15-5-7-16(8-6-15)29-17-9-12-24(13-10-17)20(26)11-14-25-21(27)18-3-1-2-4-19(18)22(25)28/h1-8,17H,9-14H2. The van der Waals surface area contributed by atoms with E-state index in [0.29, 0.717) is 42.8 Å². The van der Waals surface area contributed by atoms with Gasteiger partial charge in [-0.05, 0) is 36.4 Å². The maximum Gasteiger partial charge on any atom is 0.261 e. The molecular weight excluding hydrogens is 375 g/mol. The van der Waals surface area contributed by atoms with E-state index in [1.807, 2.05) is 0 Å². The van der Waals surface area contributed by atoms with Gasteiger partial charge in [0.25, 0.3) is 11.8 Å². The number of carbonyl (C=O) groups is 3. The highest BCUT2D eigenvalue weighted by atomic mass is 19.1. The van der Waals surface area contributed by atoms with Crippen LogP contribution in [0.4, 0.5) is 4.39 Å². The zero-order valence-corrected chi connectivity index (χ0v) is 15.8. The molecule has 2 aromatic rings. The van der Waals surface area contributed by atoms with Crippen molar-refractivity contribution in [1.82, 2.24) is 9.80 Å². The van der Waals surface area contributed by atoms with Gasteiger partial charge in [0.2, 0.25) is 5.91 Å². The molecule has 2 aromatic carbocycles. The first-order valence-electron chi connectivity index (χ1n) is 9.68. The highest BCUT2D eigenvalue weighted by Crippen LogP contribution is 2.23. The predicted molar refractivity (Wildman–Crippen MR) is 103 cm³/mol. The molecule has 0 radical (unpaired) electrons. The normalized spacial score (nSPS) is 16.9. The number of nitrogens with zero attached hydrogens (tertiary/aromatic N) is 2. The molecule has 150 valence electrons. The van der Waals surface area contributed by atoms with E-state index in [-0.39, 0.29) is 42.6 Å². The van der Waals surface area contributed by atoms with Gasteiger partial charge in [0.1, 0.15) is 17.7 Å². The number of fused-ring (bicyclic) bond motifs is 1. The Morgan fingerprint density at radius 2 is 1.55 bits per heavy atom. The van der Waals surface area contributed by atoms with Crippen LogP contribution in [0.5, 0.6) is 5.75 Å². The number of rotatable bonds is 5. The van der Waals surface area contributed by atoms with Crippen molar-refractivity contribution in [3.8, 4) is 5.75 Å². The maximum atomic E-state index is 13.0. The lowest BCUT2D eigenvalue weighted by atomic mass is 10.1. The Labute approximate surface area is 167 Å². The number of benzene rings is 2. The lowest BCUT2D eigenvalue weighted by molar-refractivity contribution is -0.133. The highest BCUT2D eigenvalue weighted by molar-refractivity contribution is 6.21. The van der Waals surface area contributed by atoms with Crippen LogP contribution in [0.2, 0.25) is 0 Å². The van der Waals surface area contributed by atoms with Crippen molar-refractivity contribution in [2.45, 2.75) is 25.4 Å². The van der Waals surface area contributed by atoms with Crippen molar-refractivity contribution < 1.29 is 23.5 Å². The predicted octanol–water partition coefficient (Wildman–Crippen LogP) is 2.88. The molecule has 0 bridgehead atoms. The molecule has 2 aliphatic heterocycles. The highest BCUT2D eigenvalue weighted by Gasteiger charge is 2.35. The molecule has 1 fully saturated rings. The fourth-order valence-electron chi connectivity index (χ4n) is 3.74. The van der Waals surface area contributed by atoms with Crippen molar-refractivity contribution >= 4 is 17.7 Å². The average Bonchev–Trinajstić information content (AvgIpc) is 2.99. The molecule has 2 aliphatic rings. The van der Waals surface area contributed by atoms with Gasteiger partial charge in [-0.1, -0.05) is 12.1 Å². The van der Waals surface area contributed by atoms with Gasteiger partial charge >= 0.3 is 0 Å². The Hall–Kier alpha value is -3.22. The molecular formula is C22H21FN2O4. The Morgan fingerprint density at radius 3 is 2.14 bits per heavy atom. The third kappa shape index (κ3) is 3.99. The Bertz CT molecular complexity index is 901. The third-order valence-electron chi connectivity index (χ3n) is 5.34. The van der Waals surface area contributed by atoms with Crippen molar-refractivity contribution in [1.29, 1.82) is 0 Å². The fraction of sp³-hybridized carbons (Fsp3) is 0.318. The van der Waals surface area contributed by atoms with Crippen molar-refractivity contribution in [3.05, 3.63) is 65.5 Å². The number of likely N-dealkylation sites (tertiary alicyclic amines) is 1.